The summed E-state index contributed by atoms with van der Waals surface area (Å²) in [7, 11) is 1.93. The first kappa shape index (κ1) is 56.9. The number of allylic oxidation sites excluding steroid dienone is 10. The van der Waals surface area contributed by atoms with Gasteiger partial charge >= 0.3 is 23.9 Å². The molecule has 11 nitrogen and oxygen atoms in total. The summed E-state index contributed by atoms with van der Waals surface area (Å²) >= 11 is 0. The van der Waals surface area contributed by atoms with Gasteiger partial charge in [-0.05, 0) is 100.0 Å². The number of hydrogen-bond donors (Lipinski definition) is 0. The first-order valence-electron chi connectivity index (χ1n) is 22.6. The Balaban J connectivity index is 5.52. The van der Waals surface area contributed by atoms with Gasteiger partial charge in [0.2, 0.25) is 0 Å². The lowest BCUT2D eigenvalue weighted by Gasteiger charge is -2.32. The van der Waals surface area contributed by atoms with Crippen molar-refractivity contribution in [2.45, 2.75) is 138 Å². The van der Waals surface area contributed by atoms with E-state index in [-0.39, 0.29) is 76.0 Å². The first-order valence-corrected chi connectivity index (χ1v) is 22.6. The Morgan fingerprint density at radius 1 is 0.410 bits per heavy atom. The third-order valence-corrected chi connectivity index (χ3v) is 9.07. The van der Waals surface area contributed by atoms with Crippen molar-refractivity contribution < 1.29 is 38.1 Å². The van der Waals surface area contributed by atoms with Crippen LogP contribution in [0.2, 0.25) is 0 Å². The maximum absolute atomic E-state index is 12.7. The monoisotopic (exact) mass is 854 g/mol. The van der Waals surface area contributed by atoms with Gasteiger partial charge in [-0.2, -0.15) is 0 Å². The first-order chi connectivity index (χ1) is 29.3. The molecule has 0 aromatic heterocycles. The Morgan fingerprint density at radius 2 is 0.705 bits per heavy atom. The molecule has 0 rings (SSSR count). The van der Waals surface area contributed by atoms with Gasteiger partial charge in [-0.15, -0.1) is 0 Å². The zero-order valence-corrected chi connectivity index (χ0v) is 39.4. The molecule has 0 fully saturated rings. The van der Waals surface area contributed by atoms with Crippen molar-refractivity contribution in [2.75, 3.05) is 73.0 Å². The Kier molecular flexibility index (Phi) is 37.4. The van der Waals surface area contributed by atoms with Gasteiger partial charge in [-0.1, -0.05) is 103 Å². The standard InChI is InChI=1S/C50H83N3O8/c1-9-10-11-12-16-23-38-58-47(54)30-34-52(35-31-48(55)59-39-24-17-13-20-27-44(2)3)42-51(8)43-53(36-32-49(56)60-40-25-18-14-21-28-45(4)5)37-33-50(57)61-41-26-19-15-22-29-46(6)7/h16-19,23-29H,9-15,20-22,30-43H2,1-8H3/b23-16-,24-17-,25-18-,26-19-. The fourth-order valence-corrected chi connectivity index (χ4v) is 5.74. The van der Waals surface area contributed by atoms with Crippen LogP contribution in [0.25, 0.3) is 0 Å². The Hall–Kier alpha value is -4.06. The molecule has 0 aliphatic carbocycles. The molecule has 11 heteroatoms. The second-order valence-corrected chi connectivity index (χ2v) is 16.1. The molecule has 0 saturated carbocycles. The molecule has 0 aliphatic heterocycles. The Labute approximate surface area is 370 Å². The molecule has 0 bridgehead atoms. The molecule has 0 radical (unpaired) electrons. The van der Waals surface area contributed by atoms with Crippen LogP contribution in [-0.4, -0.2) is 112 Å². The summed E-state index contributed by atoms with van der Waals surface area (Å²) in [5.41, 5.74) is 3.83. The van der Waals surface area contributed by atoms with E-state index in [2.05, 4.69) is 72.8 Å². The highest BCUT2D eigenvalue weighted by Crippen LogP contribution is 2.06. The molecule has 0 atom stereocenters. The van der Waals surface area contributed by atoms with Gasteiger partial charge in [0.15, 0.2) is 0 Å². The van der Waals surface area contributed by atoms with E-state index in [9.17, 15) is 19.2 Å². The maximum atomic E-state index is 12.7. The van der Waals surface area contributed by atoms with E-state index in [0.29, 0.717) is 39.5 Å². The van der Waals surface area contributed by atoms with Crippen molar-refractivity contribution in [1.82, 2.24) is 14.7 Å². The average molecular weight is 854 g/mol. The van der Waals surface area contributed by atoms with Crippen LogP contribution >= 0.6 is 0 Å². The van der Waals surface area contributed by atoms with E-state index in [4.69, 9.17) is 18.9 Å². The number of ether oxygens (including phenoxy) is 4. The van der Waals surface area contributed by atoms with Gasteiger partial charge in [0.25, 0.3) is 0 Å². The van der Waals surface area contributed by atoms with Crippen LogP contribution in [0, 0.1) is 0 Å². The summed E-state index contributed by atoms with van der Waals surface area (Å²) in [6.07, 6.45) is 32.6. The molecule has 0 saturated heterocycles. The van der Waals surface area contributed by atoms with Crippen molar-refractivity contribution in [1.29, 1.82) is 0 Å². The minimum absolute atomic E-state index is 0.154. The largest absolute Gasteiger partial charge is 0.461 e. The van der Waals surface area contributed by atoms with Gasteiger partial charge < -0.3 is 18.9 Å². The summed E-state index contributed by atoms with van der Waals surface area (Å²) in [5, 5.41) is 0. The smallest absolute Gasteiger partial charge is 0.307 e. The molecule has 0 aliphatic rings. The van der Waals surface area contributed by atoms with E-state index >= 15 is 0 Å². The predicted molar refractivity (Wildman–Crippen MR) is 250 cm³/mol. The number of hydrogen-bond acceptors (Lipinski definition) is 11. The summed E-state index contributed by atoms with van der Waals surface area (Å²) in [4.78, 5) is 56.9. The SMILES string of the molecule is CCCCC/C=C\COC(=O)CCN(CCC(=O)OC/C=C\CCC=C(C)C)CN(C)CN(CCC(=O)OC/C=C\CCC=C(C)C)CCC(=O)OC/C=C\CCC=C(C)C. The fraction of sp³-hybridized carbons (Fsp3) is 0.640. The molecule has 0 aromatic rings. The number of carbonyl (C=O) groups excluding carboxylic acids is 4. The highest BCUT2D eigenvalue weighted by atomic mass is 16.5. The number of rotatable bonds is 37. The molecule has 0 N–H and O–H groups in total. The molecule has 0 unspecified atom stereocenters. The van der Waals surface area contributed by atoms with Crippen LogP contribution < -0.4 is 0 Å². The van der Waals surface area contributed by atoms with Crippen LogP contribution in [0.15, 0.2) is 83.6 Å². The molecule has 346 valence electrons. The predicted octanol–water partition coefficient (Wildman–Crippen LogP) is 10.2. The van der Waals surface area contributed by atoms with Crippen LogP contribution in [0.3, 0.4) is 0 Å². The van der Waals surface area contributed by atoms with E-state index in [1.165, 1.54) is 23.1 Å². The zero-order chi connectivity index (χ0) is 45.4. The molecular weight excluding hydrogens is 771 g/mol. The lowest BCUT2D eigenvalue weighted by molar-refractivity contribution is -0.144. The van der Waals surface area contributed by atoms with Gasteiger partial charge in [-0.25, -0.2) is 0 Å². The fourth-order valence-electron chi connectivity index (χ4n) is 5.74. The average Bonchev–Trinajstić information content (AvgIpc) is 3.20. The number of esters is 4. The number of carbonyl (C=O) groups is 4. The lowest BCUT2D eigenvalue weighted by atomic mass is 10.2. The summed E-state index contributed by atoms with van der Waals surface area (Å²) in [6.45, 7) is 17.8. The van der Waals surface area contributed by atoms with Crippen molar-refractivity contribution in [3.05, 3.63) is 83.6 Å². The summed E-state index contributed by atoms with van der Waals surface area (Å²) in [5.74, 6) is -1.27. The quantitative estimate of drug-likeness (QED) is 0.0196. The van der Waals surface area contributed by atoms with Gasteiger partial charge in [0, 0.05) is 26.2 Å². The Morgan fingerprint density at radius 3 is 0.984 bits per heavy atom. The molecule has 0 spiro atoms. The molecule has 0 amide bonds. The van der Waals surface area contributed by atoms with E-state index < -0.39 is 0 Å². The second-order valence-electron chi connectivity index (χ2n) is 16.1. The lowest BCUT2D eigenvalue weighted by Crippen LogP contribution is -2.44. The number of nitrogens with zero attached hydrogens (tertiary/aromatic N) is 3. The Bertz CT molecular complexity index is 1350. The minimum Gasteiger partial charge on any atom is -0.461 e. The molecule has 61 heavy (non-hydrogen) atoms. The third kappa shape index (κ3) is 41.1. The van der Waals surface area contributed by atoms with Crippen LogP contribution in [0.5, 0.6) is 0 Å². The van der Waals surface area contributed by atoms with Crippen LogP contribution in [0.1, 0.15) is 138 Å². The third-order valence-electron chi connectivity index (χ3n) is 9.07. The van der Waals surface area contributed by atoms with Crippen molar-refractivity contribution in [3.63, 3.8) is 0 Å². The maximum Gasteiger partial charge on any atom is 0.307 e. The van der Waals surface area contributed by atoms with Crippen LogP contribution in [0.4, 0.5) is 0 Å². The van der Waals surface area contributed by atoms with Crippen molar-refractivity contribution in [2.24, 2.45) is 0 Å². The second kappa shape index (κ2) is 40.0. The normalized spacial score (nSPS) is 11.7. The van der Waals surface area contributed by atoms with Gasteiger partial charge in [0.1, 0.15) is 26.4 Å². The molecular formula is C50H83N3O8. The molecule has 0 heterocycles. The minimum atomic E-state index is -0.320. The van der Waals surface area contributed by atoms with Gasteiger partial charge in [0.05, 0.1) is 39.0 Å². The highest BCUT2D eigenvalue weighted by Gasteiger charge is 2.18. The van der Waals surface area contributed by atoms with Crippen molar-refractivity contribution in [3.8, 4) is 0 Å². The topological polar surface area (TPSA) is 115 Å². The summed E-state index contributed by atoms with van der Waals surface area (Å²) in [6, 6.07) is 0. The highest BCUT2D eigenvalue weighted by molar-refractivity contribution is 5.71. The van der Waals surface area contributed by atoms with Crippen LogP contribution in [-0.2, 0) is 38.1 Å². The van der Waals surface area contributed by atoms with E-state index in [0.717, 1.165) is 57.8 Å². The zero-order valence-electron chi connectivity index (χ0n) is 39.4. The number of unbranched alkanes of at least 4 members (excludes halogenated alkanes) is 6. The molecule has 0 aromatic carbocycles. The van der Waals surface area contributed by atoms with E-state index in [1.54, 1.807) is 0 Å². The summed E-state index contributed by atoms with van der Waals surface area (Å²) < 4.78 is 21.8. The van der Waals surface area contributed by atoms with E-state index in [1.807, 2.05) is 64.3 Å². The van der Waals surface area contributed by atoms with Gasteiger partial charge in [-0.3, -0.25) is 33.9 Å². The van der Waals surface area contributed by atoms with Crippen molar-refractivity contribution >= 4 is 23.9 Å².